The van der Waals surface area contributed by atoms with Gasteiger partial charge in [-0.2, -0.15) is 0 Å². The van der Waals surface area contributed by atoms with E-state index >= 15 is 0 Å². The quantitative estimate of drug-likeness (QED) is 0.549. The zero-order valence-corrected chi connectivity index (χ0v) is 18.8. The van der Waals surface area contributed by atoms with Crippen LogP contribution in [0.4, 0.5) is 25.2 Å². The van der Waals surface area contributed by atoms with Crippen molar-refractivity contribution < 1.29 is 13.6 Å². The molecule has 0 saturated carbocycles. The molecule has 34 heavy (non-hydrogen) atoms. The Morgan fingerprint density at radius 1 is 1.15 bits per heavy atom. The van der Waals surface area contributed by atoms with Gasteiger partial charge in [0, 0.05) is 37.4 Å². The number of carbonyl (C=O) groups excluding carboxylic acids is 1. The first-order chi connectivity index (χ1) is 16.5. The first kappa shape index (κ1) is 22.2. The van der Waals surface area contributed by atoms with Gasteiger partial charge in [-0.25, -0.2) is 23.5 Å². The summed E-state index contributed by atoms with van der Waals surface area (Å²) in [6, 6.07) is 10.7. The highest BCUT2D eigenvalue weighted by atomic mass is 19.1. The van der Waals surface area contributed by atoms with Gasteiger partial charge in [0.15, 0.2) is 0 Å². The van der Waals surface area contributed by atoms with E-state index in [1.807, 2.05) is 13.0 Å². The average molecular weight is 465 g/mol. The Balaban J connectivity index is 1.26. The van der Waals surface area contributed by atoms with Crippen LogP contribution in [-0.4, -0.2) is 46.6 Å². The molecule has 2 amide bonds. The molecule has 1 aromatic heterocycles. The third kappa shape index (κ3) is 4.70. The number of fused-ring (bicyclic) bond motifs is 1. The first-order valence-corrected chi connectivity index (χ1v) is 11.4. The third-order valence-electron chi connectivity index (χ3n) is 6.47. The van der Waals surface area contributed by atoms with Crippen LogP contribution in [0.25, 0.3) is 0 Å². The minimum Gasteiger partial charge on any atom is -0.333 e. The molecule has 2 aliphatic rings. The van der Waals surface area contributed by atoms with Crippen molar-refractivity contribution >= 4 is 17.7 Å². The van der Waals surface area contributed by atoms with E-state index < -0.39 is 0 Å². The minimum absolute atomic E-state index is 0.00815. The predicted octanol–water partition coefficient (Wildman–Crippen LogP) is 3.63. The zero-order valence-electron chi connectivity index (χ0n) is 18.8. The number of carbonyl (C=O) groups is 1. The number of aromatic nitrogens is 2. The Bertz CT molecular complexity index is 1220. The van der Waals surface area contributed by atoms with E-state index in [2.05, 4.69) is 25.9 Å². The number of nitrogens with one attached hydrogen (secondary N) is 3. The number of aryl methyl sites for hydroxylation is 1. The Morgan fingerprint density at radius 2 is 2.00 bits per heavy atom. The van der Waals surface area contributed by atoms with E-state index in [1.54, 1.807) is 23.2 Å². The SMILES string of the molecule is Cc1cc(F)ccc1Nc1ncc2c(n1)CN(C(=O)NC1CNCC1c1cccc(F)c1)CC2. The van der Waals surface area contributed by atoms with Crippen molar-refractivity contribution in [1.29, 1.82) is 0 Å². The normalized spacial score (nSPS) is 19.6. The summed E-state index contributed by atoms with van der Waals surface area (Å²) < 4.78 is 27.1. The predicted molar refractivity (Wildman–Crippen MR) is 125 cm³/mol. The maximum absolute atomic E-state index is 13.7. The first-order valence-electron chi connectivity index (χ1n) is 11.4. The summed E-state index contributed by atoms with van der Waals surface area (Å²) in [7, 11) is 0. The van der Waals surface area contributed by atoms with Crippen LogP contribution in [0.3, 0.4) is 0 Å². The lowest BCUT2D eigenvalue weighted by atomic mass is 9.94. The lowest BCUT2D eigenvalue weighted by Crippen LogP contribution is -2.48. The summed E-state index contributed by atoms with van der Waals surface area (Å²) in [5.41, 5.74) is 4.14. The molecule has 7 nitrogen and oxygen atoms in total. The molecule has 5 rings (SSSR count). The van der Waals surface area contributed by atoms with Crippen molar-refractivity contribution in [2.75, 3.05) is 25.0 Å². The molecule has 1 fully saturated rings. The molecule has 0 radical (unpaired) electrons. The lowest BCUT2D eigenvalue weighted by Gasteiger charge is -2.30. The van der Waals surface area contributed by atoms with Gasteiger partial charge in [-0.05, 0) is 60.4 Å². The highest BCUT2D eigenvalue weighted by Gasteiger charge is 2.32. The number of rotatable bonds is 4. The second kappa shape index (κ2) is 9.34. The van der Waals surface area contributed by atoms with Crippen LogP contribution in [0, 0.1) is 18.6 Å². The largest absolute Gasteiger partial charge is 0.333 e. The van der Waals surface area contributed by atoms with Crippen molar-refractivity contribution in [3.63, 3.8) is 0 Å². The van der Waals surface area contributed by atoms with Gasteiger partial charge in [0.1, 0.15) is 11.6 Å². The number of hydrogen-bond acceptors (Lipinski definition) is 5. The molecular formula is C25H26F2N6O. The Labute approximate surface area is 196 Å². The fourth-order valence-corrected chi connectivity index (χ4v) is 4.59. The van der Waals surface area contributed by atoms with E-state index in [-0.39, 0.29) is 29.6 Å². The zero-order chi connectivity index (χ0) is 23.7. The van der Waals surface area contributed by atoms with Gasteiger partial charge in [-0.1, -0.05) is 12.1 Å². The Hall–Kier alpha value is -3.59. The monoisotopic (exact) mass is 464 g/mol. The fourth-order valence-electron chi connectivity index (χ4n) is 4.59. The summed E-state index contributed by atoms with van der Waals surface area (Å²) >= 11 is 0. The van der Waals surface area contributed by atoms with Crippen molar-refractivity contribution in [3.05, 3.63) is 82.7 Å². The smallest absolute Gasteiger partial charge is 0.318 e. The molecule has 0 aliphatic carbocycles. The Morgan fingerprint density at radius 3 is 2.82 bits per heavy atom. The van der Waals surface area contributed by atoms with Gasteiger partial charge in [0.25, 0.3) is 0 Å². The molecule has 2 aliphatic heterocycles. The van der Waals surface area contributed by atoms with Crippen LogP contribution in [0.5, 0.6) is 0 Å². The van der Waals surface area contributed by atoms with Crippen LogP contribution in [-0.2, 0) is 13.0 Å². The molecule has 9 heteroatoms. The van der Waals surface area contributed by atoms with E-state index in [0.717, 1.165) is 28.1 Å². The van der Waals surface area contributed by atoms with Crippen molar-refractivity contribution in [2.24, 2.45) is 0 Å². The second-order valence-electron chi connectivity index (χ2n) is 8.80. The molecule has 0 bridgehead atoms. The van der Waals surface area contributed by atoms with Crippen LogP contribution in [0.1, 0.15) is 28.3 Å². The topological polar surface area (TPSA) is 82.2 Å². The molecule has 2 unspecified atom stereocenters. The second-order valence-corrected chi connectivity index (χ2v) is 8.80. The molecular weight excluding hydrogens is 438 g/mol. The molecule has 3 heterocycles. The number of anilines is 2. The van der Waals surface area contributed by atoms with Crippen LogP contribution in [0.2, 0.25) is 0 Å². The summed E-state index contributed by atoms with van der Waals surface area (Å²) in [6.07, 6.45) is 2.44. The summed E-state index contributed by atoms with van der Waals surface area (Å²) in [5.74, 6) is -0.161. The molecule has 1 saturated heterocycles. The van der Waals surface area contributed by atoms with E-state index in [1.165, 1.54) is 24.3 Å². The third-order valence-corrected chi connectivity index (χ3v) is 6.47. The molecule has 3 N–H and O–H groups in total. The number of hydrogen-bond donors (Lipinski definition) is 3. The summed E-state index contributed by atoms with van der Waals surface area (Å²) in [4.78, 5) is 23.8. The molecule has 3 aromatic rings. The van der Waals surface area contributed by atoms with Crippen molar-refractivity contribution in [2.45, 2.75) is 31.8 Å². The van der Waals surface area contributed by atoms with E-state index in [0.29, 0.717) is 38.5 Å². The highest BCUT2D eigenvalue weighted by Crippen LogP contribution is 2.25. The van der Waals surface area contributed by atoms with E-state index in [4.69, 9.17) is 0 Å². The minimum atomic E-state index is -0.298. The molecule has 2 aromatic carbocycles. The Kier molecular flexibility index (Phi) is 6.10. The van der Waals surface area contributed by atoms with Gasteiger partial charge < -0.3 is 20.9 Å². The van der Waals surface area contributed by atoms with Gasteiger partial charge in [0.05, 0.1) is 18.3 Å². The highest BCUT2D eigenvalue weighted by molar-refractivity contribution is 5.75. The van der Waals surface area contributed by atoms with E-state index in [9.17, 15) is 13.6 Å². The van der Waals surface area contributed by atoms with Crippen molar-refractivity contribution in [3.8, 4) is 0 Å². The van der Waals surface area contributed by atoms with Gasteiger partial charge in [0.2, 0.25) is 5.95 Å². The standard InChI is InChI=1S/C25H26F2N6O/c1-15-9-19(27)5-6-21(15)30-24-29-11-17-7-8-33(14-23(17)31-24)25(34)32-22-13-28-12-20(22)16-3-2-4-18(26)10-16/h2-6,9-11,20,22,28H,7-8,12-14H2,1H3,(H,32,34)(H,29,30,31). The molecule has 176 valence electrons. The van der Waals surface area contributed by atoms with Gasteiger partial charge >= 0.3 is 6.03 Å². The number of halogens is 2. The average Bonchev–Trinajstić information content (AvgIpc) is 3.28. The molecule has 0 spiro atoms. The van der Waals surface area contributed by atoms with Crippen LogP contribution < -0.4 is 16.0 Å². The number of nitrogens with zero attached hydrogens (tertiary/aromatic N) is 3. The number of amides is 2. The van der Waals surface area contributed by atoms with Gasteiger partial charge in [-0.3, -0.25) is 0 Å². The summed E-state index contributed by atoms with van der Waals surface area (Å²) in [6.45, 7) is 4.06. The van der Waals surface area contributed by atoms with Crippen LogP contribution in [0.15, 0.2) is 48.7 Å². The number of benzene rings is 2. The van der Waals surface area contributed by atoms with Gasteiger partial charge in [-0.15, -0.1) is 0 Å². The molecule has 2 atom stereocenters. The summed E-state index contributed by atoms with van der Waals surface area (Å²) in [5, 5.41) is 9.55. The maximum Gasteiger partial charge on any atom is 0.318 e. The van der Waals surface area contributed by atoms with Crippen LogP contribution >= 0.6 is 0 Å². The fraction of sp³-hybridized carbons (Fsp3) is 0.320. The van der Waals surface area contributed by atoms with Crippen molar-refractivity contribution in [1.82, 2.24) is 25.5 Å². The maximum atomic E-state index is 13.7. The number of urea groups is 1. The lowest BCUT2D eigenvalue weighted by molar-refractivity contribution is 0.187.